The summed E-state index contributed by atoms with van der Waals surface area (Å²) < 4.78 is 28.5. The summed E-state index contributed by atoms with van der Waals surface area (Å²) in [5, 5.41) is 14.9. The van der Waals surface area contributed by atoms with Crippen molar-refractivity contribution in [1.29, 1.82) is 0 Å². The van der Waals surface area contributed by atoms with Crippen molar-refractivity contribution in [3.8, 4) is 0 Å². The number of amides is 2. The van der Waals surface area contributed by atoms with E-state index >= 15 is 0 Å². The molecule has 2 amide bonds. The van der Waals surface area contributed by atoms with E-state index in [1.54, 1.807) is 37.3 Å². The van der Waals surface area contributed by atoms with Gasteiger partial charge in [0.15, 0.2) is 0 Å². The lowest BCUT2D eigenvalue weighted by molar-refractivity contribution is -0.384. The molecule has 3 aromatic carbocycles. The molecule has 0 spiro atoms. The summed E-state index contributed by atoms with van der Waals surface area (Å²) in [6.45, 7) is 6.51. The zero-order chi connectivity index (χ0) is 30.4. The molecule has 12 heteroatoms. The zero-order valence-electron chi connectivity index (χ0n) is 23.3. The standard InChI is InChI=1S/C29H33ClN4O6S/c1-5-26(28(36)31-29(2,3)4)32(19-21-14-16-22(30)17-15-21)27(35)20-33(23-10-9-11-24(18-23)34(37)38)41(39,40)25-12-7-6-8-13-25/h6-18,26H,5,19-20H2,1-4H3,(H,31,36)/t26-/m0/s1. The highest BCUT2D eigenvalue weighted by atomic mass is 35.5. The highest BCUT2D eigenvalue weighted by Crippen LogP contribution is 2.28. The van der Waals surface area contributed by atoms with Crippen LogP contribution in [0.3, 0.4) is 0 Å². The lowest BCUT2D eigenvalue weighted by Crippen LogP contribution is -2.55. The van der Waals surface area contributed by atoms with Gasteiger partial charge in [0, 0.05) is 29.2 Å². The topological polar surface area (TPSA) is 130 Å². The summed E-state index contributed by atoms with van der Waals surface area (Å²) in [5.74, 6) is -1.06. The Labute approximate surface area is 245 Å². The van der Waals surface area contributed by atoms with Gasteiger partial charge in [-0.1, -0.05) is 54.9 Å². The number of hydrogen-bond acceptors (Lipinski definition) is 6. The van der Waals surface area contributed by atoms with Crippen molar-refractivity contribution in [2.45, 2.75) is 57.1 Å². The Morgan fingerprint density at radius 3 is 2.20 bits per heavy atom. The quantitative estimate of drug-likeness (QED) is 0.239. The monoisotopic (exact) mass is 600 g/mol. The molecule has 0 aliphatic rings. The molecule has 0 radical (unpaired) electrons. The molecule has 0 saturated carbocycles. The van der Waals surface area contributed by atoms with Crippen molar-refractivity contribution < 1.29 is 22.9 Å². The van der Waals surface area contributed by atoms with Gasteiger partial charge in [0.1, 0.15) is 12.6 Å². The molecule has 0 heterocycles. The maximum Gasteiger partial charge on any atom is 0.271 e. The minimum absolute atomic E-state index is 0.000232. The number of nitrogens with zero attached hydrogens (tertiary/aromatic N) is 3. The van der Waals surface area contributed by atoms with Crippen molar-refractivity contribution in [3.63, 3.8) is 0 Å². The molecular formula is C29H33ClN4O6S. The van der Waals surface area contributed by atoms with E-state index < -0.39 is 44.9 Å². The number of anilines is 1. The molecule has 0 aromatic heterocycles. The van der Waals surface area contributed by atoms with Gasteiger partial charge in [-0.25, -0.2) is 8.42 Å². The van der Waals surface area contributed by atoms with Crippen LogP contribution in [0.15, 0.2) is 83.8 Å². The van der Waals surface area contributed by atoms with E-state index in [0.717, 1.165) is 10.4 Å². The van der Waals surface area contributed by atoms with Gasteiger partial charge < -0.3 is 10.2 Å². The van der Waals surface area contributed by atoms with Crippen molar-refractivity contribution in [1.82, 2.24) is 10.2 Å². The van der Waals surface area contributed by atoms with Crippen LogP contribution in [0.1, 0.15) is 39.7 Å². The lowest BCUT2D eigenvalue weighted by Gasteiger charge is -2.34. The number of nitro groups is 1. The van der Waals surface area contributed by atoms with Crippen LogP contribution < -0.4 is 9.62 Å². The van der Waals surface area contributed by atoms with Crippen LogP contribution >= 0.6 is 11.6 Å². The SMILES string of the molecule is CC[C@@H](C(=O)NC(C)(C)C)N(Cc1ccc(Cl)cc1)C(=O)CN(c1cccc([N+](=O)[O-])c1)S(=O)(=O)c1ccccc1. The molecular weight excluding hydrogens is 568 g/mol. The van der Waals surface area contributed by atoms with Crippen LogP contribution in [0.4, 0.5) is 11.4 Å². The molecule has 0 aliphatic heterocycles. The van der Waals surface area contributed by atoms with E-state index in [4.69, 9.17) is 11.6 Å². The van der Waals surface area contributed by atoms with Gasteiger partial charge >= 0.3 is 0 Å². The third-order valence-corrected chi connectivity index (χ3v) is 8.13. The molecule has 0 saturated heterocycles. The Balaban J connectivity index is 2.10. The van der Waals surface area contributed by atoms with Crippen molar-refractivity contribution in [3.05, 3.63) is 99.6 Å². The molecule has 3 aromatic rings. The summed E-state index contributed by atoms with van der Waals surface area (Å²) >= 11 is 6.04. The van der Waals surface area contributed by atoms with Crippen LogP contribution in [0, 0.1) is 10.1 Å². The third-order valence-electron chi connectivity index (χ3n) is 6.09. The molecule has 10 nitrogen and oxygen atoms in total. The fourth-order valence-electron chi connectivity index (χ4n) is 4.17. The average molecular weight is 601 g/mol. The van der Waals surface area contributed by atoms with E-state index in [-0.39, 0.29) is 29.2 Å². The van der Waals surface area contributed by atoms with Gasteiger partial charge in [0.2, 0.25) is 11.8 Å². The van der Waals surface area contributed by atoms with Crippen molar-refractivity contribution in [2.24, 2.45) is 0 Å². The number of rotatable bonds is 11. The van der Waals surface area contributed by atoms with E-state index in [0.29, 0.717) is 10.6 Å². The van der Waals surface area contributed by atoms with E-state index in [9.17, 15) is 28.1 Å². The summed E-state index contributed by atoms with van der Waals surface area (Å²) in [4.78, 5) is 39.5. The first-order valence-electron chi connectivity index (χ1n) is 12.9. The molecule has 41 heavy (non-hydrogen) atoms. The maximum absolute atomic E-state index is 14.0. The van der Waals surface area contributed by atoms with Gasteiger partial charge in [-0.05, 0) is 63.1 Å². The summed E-state index contributed by atoms with van der Waals surface area (Å²) in [5.41, 5.74) is -0.296. The predicted molar refractivity (Wildman–Crippen MR) is 158 cm³/mol. The normalized spacial score (nSPS) is 12.3. The fraction of sp³-hybridized carbons (Fsp3) is 0.310. The number of sulfonamides is 1. The number of halogens is 1. The van der Waals surface area contributed by atoms with Crippen molar-refractivity contribution >= 4 is 44.8 Å². The Morgan fingerprint density at radius 2 is 1.63 bits per heavy atom. The Kier molecular flexibility index (Phi) is 10.1. The Hall–Kier alpha value is -3.96. The molecule has 1 N–H and O–H groups in total. The second-order valence-corrected chi connectivity index (χ2v) is 12.7. The molecule has 3 rings (SSSR count). The Morgan fingerprint density at radius 1 is 1.00 bits per heavy atom. The van der Waals surface area contributed by atoms with E-state index in [1.807, 2.05) is 20.8 Å². The van der Waals surface area contributed by atoms with Crippen molar-refractivity contribution in [2.75, 3.05) is 10.8 Å². The summed E-state index contributed by atoms with van der Waals surface area (Å²) in [6.07, 6.45) is 0.253. The number of hydrogen-bond donors (Lipinski definition) is 1. The van der Waals surface area contributed by atoms with Crippen LogP contribution in [-0.4, -0.2) is 48.2 Å². The van der Waals surface area contributed by atoms with Crippen LogP contribution in [0.25, 0.3) is 0 Å². The fourth-order valence-corrected chi connectivity index (χ4v) is 5.72. The molecule has 1 atom stereocenters. The zero-order valence-corrected chi connectivity index (χ0v) is 24.9. The number of non-ortho nitro benzene ring substituents is 1. The Bertz CT molecular complexity index is 1490. The number of benzene rings is 3. The molecule has 218 valence electrons. The molecule has 0 bridgehead atoms. The van der Waals surface area contributed by atoms with Gasteiger partial charge in [0.25, 0.3) is 15.7 Å². The van der Waals surface area contributed by atoms with Gasteiger partial charge in [-0.3, -0.25) is 24.0 Å². The largest absolute Gasteiger partial charge is 0.350 e. The number of nitrogens with one attached hydrogen (secondary N) is 1. The second kappa shape index (κ2) is 13.1. The molecule has 0 aliphatic carbocycles. The predicted octanol–water partition coefficient (Wildman–Crippen LogP) is 5.17. The number of carbonyl (C=O) groups excluding carboxylic acids is 2. The maximum atomic E-state index is 14.0. The second-order valence-electron chi connectivity index (χ2n) is 10.4. The van der Waals surface area contributed by atoms with Gasteiger partial charge in [-0.2, -0.15) is 0 Å². The minimum atomic E-state index is -4.34. The highest BCUT2D eigenvalue weighted by molar-refractivity contribution is 7.92. The molecule has 0 unspecified atom stereocenters. The number of carbonyl (C=O) groups is 2. The number of nitro benzene ring substituents is 1. The van der Waals surface area contributed by atoms with Crippen LogP contribution in [0.5, 0.6) is 0 Å². The lowest BCUT2D eigenvalue weighted by atomic mass is 10.1. The van der Waals surface area contributed by atoms with Gasteiger partial charge in [0.05, 0.1) is 15.5 Å². The van der Waals surface area contributed by atoms with Crippen LogP contribution in [0.2, 0.25) is 5.02 Å². The minimum Gasteiger partial charge on any atom is -0.350 e. The van der Waals surface area contributed by atoms with E-state index in [2.05, 4.69) is 5.32 Å². The highest BCUT2D eigenvalue weighted by Gasteiger charge is 2.35. The van der Waals surface area contributed by atoms with Crippen LogP contribution in [-0.2, 0) is 26.2 Å². The van der Waals surface area contributed by atoms with E-state index in [1.165, 1.54) is 47.4 Å². The summed E-state index contributed by atoms with van der Waals surface area (Å²) in [6, 6.07) is 18.4. The average Bonchev–Trinajstić information content (AvgIpc) is 2.92. The smallest absolute Gasteiger partial charge is 0.271 e. The summed E-state index contributed by atoms with van der Waals surface area (Å²) in [7, 11) is -4.34. The first kappa shape index (κ1) is 31.6. The third kappa shape index (κ3) is 8.27. The molecule has 0 fully saturated rings. The first-order chi connectivity index (χ1) is 19.2. The van der Waals surface area contributed by atoms with Gasteiger partial charge in [-0.15, -0.1) is 0 Å². The first-order valence-corrected chi connectivity index (χ1v) is 14.7.